The predicted octanol–water partition coefficient (Wildman–Crippen LogP) is 5.57. The van der Waals surface area contributed by atoms with E-state index in [1.54, 1.807) is 11.3 Å². The zero-order valence-corrected chi connectivity index (χ0v) is 19.0. The lowest BCUT2D eigenvalue weighted by Crippen LogP contribution is -2.41. The van der Waals surface area contributed by atoms with E-state index in [4.69, 9.17) is 4.42 Å². The zero-order valence-electron chi connectivity index (χ0n) is 18.2. The topological polar surface area (TPSA) is 58.4 Å². The molecule has 1 aliphatic heterocycles. The second kappa shape index (κ2) is 9.17. The molecule has 4 aromatic rings. The molecule has 0 radical (unpaired) electrons. The third-order valence-electron chi connectivity index (χ3n) is 6.25. The molecule has 5 nitrogen and oxygen atoms in total. The minimum atomic E-state index is -0.108. The largest absolute Gasteiger partial charge is 0.423 e. The maximum absolute atomic E-state index is 13.2. The summed E-state index contributed by atoms with van der Waals surface area (Å²) in [6, 6.07) is 21.1. The van der Waals surface area contributed by atoms with E-state index in [1.165, 1.54) is 5.56 Å². The Balaban J connectivity index is 1.26. The van der Waals surface area contributed by atoms with Crippen molar-refractivity contribution in [2.45, 2.75) is 32.2 Å². The van der Waals surface area contributed by atoms with E-state index >= 15 is 0 Å². The van der Waals surface area contributed by atoms with E-state index in [2.05, 4.69) is 57.8 Å². The van der Waals surface area contributed by atoms with Gasteiger partial charge in [-0.1, -0.05) is 49.4 Å². The minimum Gasteiger partial charge on any atom is -0.423 e. The molecular weight excluding hydrogens is 418 g/mol. The van der Waals surface area contributed by atoms with E-state index in [0.29, 0.717) is 6.01 Å². The molecule has 164 valence electrons. The van der Waals surface area contributed by atoms with E-state index in [0.717, 1.165) is 53.9 Å². The lowest BCUT2D eigenvalue weighted by atomic mass is 9.94. The van der Waals surface area contributed by atoms with Gasteiger partial charge in [0.15, 0.2) is 5.58 Å². The maximum Gasteiger partial charge on any atom is 0.298 e. The van der Waals surface area contributed by atoms with Crippen LogP contribution >= 0.6 is 11.3 Å². The van der Waals surface area contributed by atoms with Crippen molar-refractivity contribution in [2.75, 3.05) is 18.0 Å². The van der Waals surface area contributed by atoms with Gasteiger partial charge >= 0.3 is 0 Å². The van der Waals surface area contributed by atoms with Gasteiger partial charge in [0.05, 0.1) is 6.04 Å². The summed E-state index contributed by atoms with van der Waals surface area (Å²) in [5, 5.41) is 5.40. The third kappa shape index (κ3) is 4.28. The Hall–Kier alpha value is -3.12. The number of para-hydroxylation sites is 2. The molecular formula is C26H27N3O2S. The van der Waals surface area contributed by atoms with Crippen molar-refractivity contribution in [3.8, 4) is 0 Å². The normalized spacial score (nSPS) is 15.7. The fraction of sp³-hybridized carbons (Fsp3) is 0.308. The molecule has 1 saturated heterocycles. The molecule has 0 saturated carbocycles. The number of oxazole rings is 1. The van der Waals surface area contributed by atoms with Gasteiger partial charge in [0.25, 0.3) is 6.01 Å². The fourth-order valence-electron chi connectivity index (χ4n) is 4.31. The molecule has 5 rings (SSSR count). The summed E-state index contributed by atoms with van der Waals surface area (Å²) in [5.74, 6) is 0.119. The first-order valence-corrected chi connectivity index (χ1v) is 12.1. The molecule has 0 aliphatic carbocycles. The van der Waals surface area contributed by atoms with Crippen molar-refractivity contribution in [3.05, 3.63) is 82.0 Å². The van der Waals surface area contributed by atoms with Gasteiger partial charge in [-0.25, -0.2) is 0 Å². The zero-order chi connectivity index (χ0) is 21.9. The Morgan fingerprint density at radius 1 is 1.12 bits per heavy atom. The molecule has 1 atom stereocenters. The fourth-order valence-corrected chi connectivity index (χ4v) is 5.11. The SMILES string of the molecule is CCc1ccc(C(NC(=O)C2CCN(c3nc4ccccc4o3)CC2)c2cccs2)cc1. The molecule has 0 bridgehead atoms. The van der Waals surface area contributed by atoms with Crippen LogP contribution in [0.1, 0.15) is 41.8 Å². The second-order valence-corrected chi connectivity index (χ2v) is 9.26. The van der Waals surface area contributed by atoms with E-state index < -0.39 is 0 Å². The first kappa shape index (κ1) is 20.8. The van der Waals surface area contributed by atoms with E-state index in [-0.39, 0.29) is 17.9 Å². The number of carbonyl (C=O) groups excluding carboxylic acids is 1. The van der Waals surface area contributed by atoms with Crippen LogP contribution in [0, 0.1) is 5.92 Å². The summed E-state index contributed by atoms with van der Waals surface area (Å²) >= 11 is 1.68. The highest BCUT2D eigenvalue weighted by Gasteiger charge is 2.29. The Morgan fingerprint density at radius 2 is 1.91 bits per heavy atom. The van der Waals surface area contributed by atoms with Crippen LogP contribution in [0.5, 0.6) is 0 Å². The number of thiophene rings is 1. The van der Waals surface area contributed by atoms with E-state index in [1.807, 2.05) is 30.3 Å². The summed E-state index contributed by atoms with van der Waals surface area (Å²) in [4.78, 5) is 21.1. The van der Waals surface area contributed by atoms with Gasteiger partial charge in [-0.2, -0.15) is 4.98 Å². The molecule has 3 heterocycles. The molecule has 32 heavy (non-hydrogen) atoms. The quantitative estimate of drug-likeness (QED) is 0.421. The Labute approximate surface area is 192 Å². The van der Waals surface area contributed by atoms with Crippen molar-refractivity contribution in [2.24, 2.45) is 5.92 Å². The summed E-state index contributed by atoms with van der Waals surface area (Å²) < 4.78 is 5.91. The number of aromatic nitrogens is 1. The van der Waals surface area contributed by atoms with Crippen LogP contribution in [-0.4, -0.2) is 24.0 Å². The molecule has 1 unspecified atom stereocenters. The van der Waals surface area contributed by atoms with Gasteiger partial charge in [-0.3, -0.25) is 4.79 Å². The average Bonchev–Trinajstić information content (AvgIpc) is 3.53. The Kier molecular flexibility index (Phi) is 5.95. The van der Waals surface area contributed by atoms with Gasteiger partial charge in [0.2, 0.25) is 5.91 Å². The summed E-state index contributed by atoms with van der Waals surface area (Å²) in [5.41, 5.74) is 4.10. The standard InChI is InChI=1S/C26H27N3O2S/c1-2-18-9-11-19(12-10-18)24(23-8-5-17-32-23)28-25(30)20-13-15-29(16-14-20)26-27-21-6-3-4-7-22(21)31-26/h3-12,17,20,24H,2,13-16H2,1H3,(H,28,30). The highest BCUT2D eigenvalue weighted by Crippen LogP contribution is 2.29. The van der Waals surface area contributed by atoms with Gasteiger partial charge in [-0.15, -0.1) is 11.3 Å². The van der Waals surface area contributed by atoms with Crippen LogP contribution < -0.4 is 10.2 Å². The molecule has 2 aromatic carbocycles. The smallest absolute Gasteiger partial charge is 0.298 e. The molecule has 1 N–H and O–H groups in total. The third-order valence-corrected chi connectivity index (χ3v) is 7.19. The minimum absolute atomic E-state index is 0.00648. The van der Waals surface area contributed by atoms with Crippen molar-refractivity contribution >= 4 is 34.4 Å². The Bertz CT molecular complexity index is 1140. The number of benzene rings is 2. The molecule has 6 heteroatoms. The number of nitrogens with one attached hydrogen (secondary N) is 1. The highest BCUT2D eigenvalue weighted by molar-refractivity contribution is 7.10. The number of aryl methyl sites for hydroxylation is 1. The van der Waals surface area contributed by atoms with Crippen molar-refractivity contribution in [1.82, 2.24) is 10.3 Å². The summed E-state index contributed by atoms with van der Waals surface area (Å²) in [6.45, 7) is 3.68. The number of carbonyl (C=O) groups is 1. The lowest BCUT2D eigenvalue weighted by molar-refractivity contribution is -0.126. The molecule has 1 aliphatic rings. The van der Waals surface area contributed by atoms with Crippen molar-refractivity contribution in [1.29, 1.82) is 0 Å². The first-order valence-electron chi connectivity index (χ1n) is 11.2. The number of hydrogen-bond acceptors (Lipinski definition) is 5. The highest BCUT2D eigenvalue weighted by atomic mass is 32.1. The van der Waals surface area contributed by atoms with Crippen molar-refractivity contribution in [3.63, 3.8) is 0 Å². The van der Waals surface area contributed by atoms with Crippen molar-refractivity contribution < 1.29 is 9.21 Å². The molecule has 2 aromatic heterocycles. The van der Waals surface area contributed by atoms with Crippen LogP contribution in [-0.2, 0) is 11.2 Å². The molecule has 1 amide bonds. The number of anilines is 1. The number of fused-ring (bicyclic) bond motifs is 1. The number of hydrogen-bond donors (Lipinski definition) is 1. The van der Waals surface area contributed by atoms with Gasteiger partial charge in [0, 0.05) is 23.9 Å². The van der Waals surface area contributed by atoms with Gasteiger partial charge < -0.3 is 14.6 Å². The number of rotatable bonds is 6. The predicted molar refractivity (Wildman–Crippen MR) is 129 cm³/mol. The van der Waals surface area contributed by atoms with Gasteiger partial charge in [0.1, 0.15) is 5.52 Å². The van der Waals surface area contributed by atoms with Crippen LogP contribution in [0.25, 0.3) is 11.1 Å². The Morgan fingerprint density at radius 3 is 2.59 bits per heavy atom. The van der Waals surface area contributed by atoms with Crippen LogP contribution in [0.4, 0.5) is 6.01 Å². The number of nitrogens with zero attached hydrogens (tertiary/aromatic N) is 2. The maximum atomic E-state index is 13.2. The first-order chi connectivity index (χ1) is 15.7. The van der Waals surface area contributed by atoms with E-state index in [9.17, 15) is 4.79 Å². The molecule has 0 spiro atoms. The van der Waals surface area contributed by atoms with Crippen LogP contribution in [0.2, 0.25) is 0 Å². The number of amides is 1. The lowest BCUT2D eigenvalue weighted by Gasteiger charge is -2.31. The van der Waals surface area contributed by atoms with Gasteiger partial charge in [-0.05, 0) is 54.0 Å². The van der Waals surface area contributed by atoms with Crippen LogP contribution in [0.3, 0.4) is 0 Å². The van der Waals surface area contributed by atoms with Crippen LogP contribution in [0.15, 0.2) is 70.5 Å². The monoisotopic (exact) mass is 445 g/mol. The number of piperidine rings is 1. The molecule has 1 fully saturated rings. The summed E-state index contributed by atoms with van der Waals surface area (Å²) in [7, 11) is 0. The average molecular weight is 446 g/mol. The summed E-state index contributed by atoms with van der Waals surface area (Å²) in [6.07, 6.45) is 2.59. The second-order valence-electron chi connectivity index (χ2n) is 8.28.